The molecule has 2 aliphatic rings. The summed E-state index contributed by atoms with van der Waals surface area (Å²) in [6, 6.07) is 4.79. The van der Waals surface area contributed by atoms with Gasteiger partial charge in [-0.25, -0.2) is 9.97 Å². The third-order valence-electron chi connectivity index (χ3n) is 4.64. The molecule has 1 N–H and O–H groups in total. The van der Waals surface area contributed by atoms with Gasteiger partial charge in [-0.1, -0.05) is 24.3 Å². The molecule has 5 rings (SSSR count). The van der Waals surface area contributed by atoms with Crippen LogP contribution in [0.2, 0.25) is 0 Å². The molecule has 3 heterocycles. The lowest BCUT2D eigenvalue weighted by Crippen LogP contribution is -2.08. The molecule has 0 aromatic carbocycles. The summed E-state index contributed by atoms with van der Waals surface area (Å²) >= 11 is 1.79. The monoisotopic (exact) mass is 349 g/mol. The van der Waals surface area contributed by atoms with E-state index in [-0.39, 0.29) is 0 Å². The highest BCUT2D eigenvalue weighted by molar-refractivity contribution is 7.09. The lowest BCUT2D eigenvalue weighted by atomic mass is 10.2. The third kappa shape index (κ3) is 2.87. The van der Waals surface area contributed by atoms with Crippen molar-refractivity contribution in [2.24, 2.45) is 0 Å². The number of fused-ring (bicyclic) bond motifs is 1. The van der Waals surface area contributed by atoms with E-state index in [9.17, 15) is 0 Å². The molecular weight excluding hydrogens is 330 g/mol. The van der Waals surface area contributed by atoms with Crippen LogP contribution in [0.5, 0.6) is 0 Å². The molecule has 0 spiro atoms. The highest BCUT2D eigenvalue weighted by atomic mass is 32.1. The predicted molar refractivity (Wildman–Crippen MR) is 102 cm³/mol. The number of hydrogen-bond donors (Lipinski definition) is 1. The number of imidazole rings is 1. The second-order valence-corrected chi connectivity index (χ2v) is 7.55. The van der Waals surface area contributed by atoms with Crippen LogP contribution in [0.25, 0.3) is 16.7 Å². The molecule has 0 radical (unpaired) electrons. The summed E-state index contributed by atoms with van der Waals surface area (Å²) in [6.07, 6.45) is 12.7. The fourth-order valence-electron chi connectivity index (χ4n) is 3.25. The van der Waals surface area contributed by atoms with Crippen molar-refractivity contribution in [3.63, 3.8) is 0 Å². The standard InChI is InChI=1S/C19H19N5S/c1-2-5-13(4-1)17-22-16-12-21-19(20-10-9-15-6-3-11-25-15)23-18(16)24(17)14-7-8-14/h1-4,6,11-12,14H,5,7-10H2,(H,20,21,23). The smallest absolute Gasteiger partial charge is 0.224 e. The molecule has 0 bridgehead atoms. The van der Waals surface area contributed by atoms with E-state index in [4.69, 9.17) is 9.97 Å². The normalized spacial score (nSPS) is 16.6. The Morgan fingerprint density at radius 3 is 3.00 bits per heavy atom. The number of rotatable bonds is 6. The quantitative estimate of drug-likeness (QED) is 0.724. The van der Waals surface area contributed by atoms with Crippen LogP contribution in [0.4, 0.5) is 5.95 Å². The molecule has 126 valence electrons. The maximum absolute atomic E-state index is 4.82. The van der Waals surface area contributed by atoms with Gasteiger partial charge in [0.2, 0.25) is 5.95 Å². The lowest BCUT2D eigenvalue weighted by molar-refractivity contribution is 0.742. The predicted octanol–water partition coefficient (Wildman–Crippen LogP) is 4.22. The Morgan fingerprint density at radius 2 is 2.24 bits per heavy atom. The first-order valence-corrected chi connectivity index (χ1v) is 9.64. The maximum atomic E-state index is 4.82. The van der Waals surface area contributed by atoms with E-state index in [1.165, 1.54) is 23.3 Å². The first-order valence-electron chi connectivity index (χ1n) is 8.76. The molecule has 0 saturated heterocycles. The zero-order valence-electron chi connectivity index (χ0n) is 13.9. The van der Waals surface area contributed by atoms with Crippen LogP contribution in [-0.4, -0.2) is 26.1 Å². The SMILES string of the molecule is C1=CCC(c2nc3cnc(NCCc4cccs4)nc3n2C2CC2)=C1. The van der Waals surface area contributed by atoms with Gasteiger partial charge in [0.05, 0.1) is 6.20 Å². The molecular formula is C19H19N5S. The number of thiophene rings is 1. The molecule has 3 aromatic heterocycles. The van der Waals surface area contributed by atoms with Gasteiger partial charge in [0.15, 0.2) is 5.65 Å². The second kappa shape index (κ2) is 6.11. The van der Waals surface area contributed by atoms with Crippen molar-refractivity contribution < 1.29 is 0 Å². The molecule has 0 amide bonds. The minimum atomic E-state index is 0.537. The Kier molecular flexibility index (Phi) is 3.63. The maximum Gasteiger partial charge on any atom is 0.224 e. The van der Waals surface area contributed by atoms with Crippen molar-refractivity contribution in [2.75, 3.05) is 11.9 Å². The molecule has 0 atom stereocenters. The lowest BCUT2D eigenvalue weighted by Gasteiger charge is -2.08. The van der Waals surface area contributed by atoms with E-state index in [1.54, 1.807) is 11.3 Å². The second-order valence-electron chi connectivity index (χ2n) is 6.52. The molecule has 1 saturated carbocycles. The minimum absolute atomic E-state index is 0.537. The molecule has 6 heteroatoms. The first-order chi connectivity index (χ1) is 12.4. The molecule has 3 aromatic rings. The Labute approximate surface area is 150 Å². The van der Waals surface area contributed by atoms with Crippen LogP contribution in [0.3, 0.4) is 0 Å². The summed E-state index contributed by atoms with van der Waals surface area (Å²) < 4.78 is 2.32. The van der Waals surface area contributed by atoms with Crippen molar-refractivity contribution >= 4 is 34.0 Å². The molecule has 25 heavy (non-hydrogen) atoms. The number of nitrogens with zero attached hydrogens (tertiary/aromatic N) is 4. The Hall–Kier alpha value is -2.47. The molecule has 1 fully saturated rings. The Morgan fingerprint density at radius 1 is 1.28 bits per heavy atom. The van der Waals surface area contributed by atoms with Crippen molar-refractivity contribution in [1.29, 1.82) is 0 Å². The number of allylic oxidation sites excluding steroid dienone is 4. The van der Waals surface area contributed by atoms with Gasteiger partial charge in [0.25, 0.3) is 0 Å². The first kappa shape index (κ1) is 14.8. The zero-order valence-corrected chi connectivity index (χ0v) is 14.7. The summed E-state index contributed by atoms with van der Waals surface area (Å²) in [6.45, 7) is 0.839. The van der Waals surface area contributed by atoms with E-state index >= 15 is 0 Å². The van der Waals surface area contributed by atoms with Crippen LogP contribution in [0.15, 0.2) is 41.9 Å². The summed E-state index contributed by atoms with van der Waals surface area (Å²) in [7, 11) is 0. The Balaban J connectivity index is 1.43. The third-order valence-corrected chi connectivity index (χ3v) is 5.57. The van der Waals surface area contributed by atoms with Gasteiger partial charge >= 0.3 is 0 Å². The van der Waals surface area contributed by atoms with E-state index in [1.807, 2.05) is 6.20 Å². The van der Waals surface area contributed by atoms with Gasteiger partial charge in [-0.2, -0.15) is 4.98 Å². The zero-order chi connectivity index (χ0) is 16.6. The van der Waals surface area contributed by atoms with Crippen LogP contribution in [-0.2, 0) is 6.42 Å². The number of nitrogens with one attached hydrogen (secondary N) is 1. The van der Waals surface area contributed by atoms with E-state index < -0.39 is 0 Å². The van der Waals surface area contributed by atoms with Crippen molar-refractivity contribution in [2.45, 2.75) is 31.7 Å². The summed E-state index contributed by atoms with van der Waals surface area (Å²) in [4.78, 5) is 15.4. The fourth-order valence-corrected chi connectivity index (χ4v) is 3.96. The summed E-state index contributed by atoms with van der Waals surface area (Å²) in [5, 5.41) is 5.47. The van der Waals surface area contributed by atoms with Crippen LogP contribution in [0, 0.1) is 0 Å². The minimum Gasteiger partial charge on any atom is -0.354 e. The highest BCUT2D eigenvalue weighted by Gasteiger charge is 2.30. The average Bonchev–Trinajstić information content (AvgIpc) is 3.08. The topological polar surface area (TPSA) is 55.6 Å². The van der Waals surface area contributed by atoms with E-state index in [0.717, 1.165) is 36.4 Å². The molecule has 5 nitrogen and oxygen atoms in total. The van der Waals surface area contributed by atoms with Gasteiger partial charge in [-0.15, -0.1) is 11.3 Å². The molecule has 0 unspecified atom stereocenters. The van der Waals surface area contributed by atoms with Gasteiger partial charge < -0.3 is 9.88 Å². The van der Waals surface area contributed by atoms with Gasteiger partial charge in [0, 0.05) is 17.5 Å². The van der Waals surface area contributed by atoms with Crippen molar-refractivity contribution in [3.8, 4) is 0 Å². The van der Waals surface area contributed by atoms with E-state index in [0.29, 0.717) is 12.0 Å². The average molecular weight is 349 g/mol. The van der Waals surface area contributed by atoms with Crippen molar-refractivity contribution in [3.05, 3.63) is 52.6 Å². The van der Waals surface area contributed by atoms with Crippen LogP contribution < -0.4 is 5.32 Å². The Bertz CT molecular complexity index is 963. The summed E-state index contributed by atoms with van der Waals surface area (Å²) in [5.74, 6) is 1.75. The largest absolute Gasteiger partial charge is 0.354 e. The molecule has 0 aliphatic heterocycles. The van der Waals surface area contributed by atoms with Crippen LogP contribution >= 0.6 is 11.3 Å². The van der Waals surface area contributed by atoms with E-state index in [2.05, 4.69) is 50.6 Å². The van der Waals surface area contributed by atoms with Gasteiger partial charge in [-0.05, 0) is 42.7 Å². The number of aromatic nitrogens is 4. The van der Waals surface area contributed by atoms with Gasteiger partial charge in [-0.3, -0.25) is 0 Å². The highest BCUT2D eigenvalue weighted by Crippen LogP contribution is 2.40. The fraction of sp³-hybridized carbons (Fsp3) is 0.316. The number of hydrogen-bond acceptors (Lipinski definition) is 5. The van der Waals surface area contributed by atoms with Gasteiger partial charge in [0.1, 0.15) is 11.3 Å². The number of anilines is 1. The van der Waals surface area contributed by atoms with Crippen LogP contribution in [0.1, 0.15) is 36.0 Å². The van der Waals surface area contributed by atoms with Crippen molar-refractivity contribution in [1.82, 2.24) is 19.5 Å². The summed E-state index contributed by atoms with van der Waals surface area (Å²) in [5.41, 5.74) is 3.12. The molecule has 2 aliphatic carbocycles.